The molecule has 1 aromatic heterocycles. The summed E-state index contributed by atoms with van der Waals surface area (Å²) in [7, 11) is 3.80. The highest BCUT2D eigenvalue weighted by atomic mass is 16.1. The Morgan fingerprint density at radius 2 is 1.90 bits per heavy atom. The molecular formula is C15H14N4O. The number of amides is 1. The first-order valence-corrected chi connectivity index (χ1v) is 6.05. The van der Waals surface area contributed by atoms with Crippen LogP contribution in [0.2, 0.25) is 0 Å². The molecule has 5 heteroatoms. The van der Waals surface area contributed by atoms with E-state index in [9.17, 15) is 4.79 Å². The average Bonchev–Trinajstić information content (AvgIpc) is 2.48. The molecule has 100 valence electrons. The average molecular weight is 266 g/mol. The summed E-state index contributed by atoms with van der Waals surface area (Å²) in [6.07, 6.45) is 1.61. The second kappa shape index (κ2) is 5.85. The molecule has 0 unspecified atom stereocenters. The van der Waals surface area contributed by atoms with Crippen LogP contribution in [0.25, 0.3) is 0 Å². The lowest BCUT2D eigenvalue weighted by Crippen LogP contribution is -2.13. The van der Waals surface area contributed by atoms with Crippen LogP contribution in [0.1, 0.15) is 15.9 Å². The zero-order chi connectivity index (χ0) is 14.5. The van der Waals surface area contributed by atoms with E-state index in [-0.39, 0.29) is 5.91 Å². The van der Waals surface area contributed by atoms with Crippen molar-refractivity contribution in [2.75, 3.05) is 24.3 Å². The predicted molar refractivity (Wildman–Crippen MR) is 77.7 cm³/mol. The molecule has 1 aromatic carbocycles. The maximum absolute atomic E-state index is 12.0. The molecule has 0 saturated carbocycles. The Morgan fingerprint density at radius 1 is 1.20 bits per heavy atom. The summed E-state index contributed by atoms with van der Waals surface area (Å²) in [5.74, 6) is 0.593. The van der Waals surface area contributed by atoms with E-state index in [2.05, 4.69) is 10.3 Å². The molecule has 1 N–H and O–H groups in total. The van der Waals surface area contributed by atoms with Crippen LogP contribution in [0.15, 0.2) is 42.6 Å². The fourth-order valence-electron chi connectivity index (χ4n) is 1.62. The molecule has 2 aromatic rings. The van der Waals surface area contributed by atoms with Crippen molar-refractivity contribution in [3.05, 3.63) is 53.7 Å². The van der Waals surface area contributed by atoms with Gasteiger partial charge in [0.25, 0.3) is 5.91 Å². The van der Waals surface area contributed by atoms with Gasteiger partial charge in [0.05, 0.1) is 23.5 Å². The summed E-state index contributed by atoms with van der Waals surface area (Å²) >= 11 is 0. The molecule has 0 spiro atoms. The van der Waals surface area contributed by atoms with E-state index in [1.807, 2.05) is 31.1 Å². The third-order valence-electron chi connectivity index (χ3n) is 2.74. The third-order valence-corrected chi connectivity index (χ3v) is 2.74. The van der Waals surface area contributed by atoms with Gasteiger partial charge in [0.2, 0.25) is 0 Å². The predicted octanol–water partition coefficient (Wildman–Crippen LogP) is 2.27. The van der Waals surface area contributed by atoms with Gasteiger partial charge in [-0.2, -0.15) is 5.26 Å². The first-order chi connectivity index (χ1) is 9.60. The molecule has 5 nitrogen and oxygen atoms in total. The van der Waals surface area contributed by atoms with Crippen molar-refractivity contribution >= 4 is 17.4 Å². The number of benzene rings is 1. The van der Waals surface area contributed by atoms with E-state index in [4.69, 9.17) is 5.26 Å². The minimum absolute atomic E-state index is 0.228. The molecule has 0 radical (unpaired) electrons. The van der Waals surface area contributed by atoms with Crippen molar-refractivity contribution in [1.29, 1.82) is 5.26 Å². The summed E-state index contributed by atoms with van der Waals surface area (Å²) < 4.78 is 0. The van der Waals surface area contributed by atoms with Crippen LogP contribution in [-0.4, -0.2) is 25.0 Å². The molecule has 0 bridgehead atoms. The lowest BCUT2D eigenvalue weighted by molar-refractivity contribution is 0.102. The molecule has 0 aliphatic heterocycles. The maximum Gasteiger partial charge on any atom is 0.255 e. The Labute approximate surface area is 117 Å². The maximum atomic E-state index is 12.0. The van der Waals surface area contributed by atoms with Crippen LogP contribution in [0.5, 0.6) is 0 Å². The summed E-state index contributed by atoms with van der Waals surface area (Å²) in [4.78, 5) is 18.1. The Bertz CT molecular complexity index is 639. The fraction of sp³-hybridized carbons (Fsp3) is 0.133. The number of rotatable bonds is 3. The Morgan fingerprint density at radius 3 is 2.40 bits per heavy atom. The monoisotopic (exact) mass is 266 g/mol. The number of hydrogen-bond donors (Lipinski definition) is 1. The first kappa shape index (κ1) is 13.6. The zero-order valence-electron chi connectivity index (χ0n) is 11.3. The van der Waals surface area contributed by atoms with Crippen molar-refractivity contribution in [2.45, 2.75) is 0 Å². The van der Waals surface area contributed by atoms with Gasteiger partial charge in [-0.3, -0.25) is 4.79 Å². The standard InChI is InChI=1S/C15H14N4O/c1-19(2)14-8-7-13(10-17-14)18-15(20)12-5-3-11(9-16)4-6-12/h3-8,10H,1-2H3,(H,18,20). The van der Waals surface area contributed by atoms with Crippen molar-refractivity contribution < 1.29 is 4.79 Å². The SMILES string of the molecule is CN(C)c1ccc(NC(=O)c2ccc(C#N)cc2)cn1. The molecule has 0 aliphatic carbocycles. The molecule has 0 fully saturated rings. The van der Waals surface area contributed by atoms with E-state index in [1.54, 1.807) is 36.5 Å². The zero-order valence-corrected chi connectivity index (χ0v) is 11.3. The number of nitriles is 1. The third kappa shape index (κ3) is 3.12. The number of anilines is 2. The fourth-order valence-corrected chi connectivity index (χ4v) is 1.62. The summed E-state index contributed by atoms with van der Waals surface area (Å²) in [5.41, 5.74) is 1.66. The molecule has 1 amide bonds. The number of nitrogens with one attached hydrogen (secondary N) is 1. The molecule has 2 rings (SSSR count). The van der Waals surface area contributed by atoms with E-state index in [1.165, 1.54) is 0 Å². The van der Waals surface area contributed by atoms with Crippen LogP contribution in [0.4, 0.5) is 11.5 Å². The van der Waals surface area contributed by atoms with Gasteiger partial charge in [0.15, 0.2) is 0 Å². The minimum Gasteiger partial charge on any atom is -0.363 e. The van der Waals surface area contributed by atoms with Gasteiger partial charge in [0, 0.05) is 19.7 Å². The second-order valence-electron chi connectivity index (χ2n) is 4.44. The Balaban J connectivity index is 2.09. The number of carbonyl (C=O) groups excluding carboxylic acids is 1. The van der Waals surface area contributed by atoms with Crippen molar-refractivity contribution in [3.8, 4) is 6.07 Å². The molecule has 1 heterocycles. The van der Waals surface area contributed by atoms with Gasteiger partial charge in [-0.15, -0.1) is 0 Å². The highest BCUT2D eigenvalue weighted by molar-refractivity contribution is 6.04. The Hall–Kier alpha value is -2.87. The van der Waals surface area contributed by atoms with Crippen molar-refractivity contribution in [2.24, 2.45) is 0 Å². The van der Waals surface area contributed by atoms with Gasteiger partial charge in [0.1, 0.15) is 5.82 Å². The smallest absolute Gasteiger partial charge is 0.255 e. The van der Waals surface area contributed by atoms with Gasteiger partial charge in [-0.1, -0.05) is 0 Å². The van der Waals surface area contributed by atoms with Crippen molar-refractivity contribution in [1.82, 2.24) is 4.98 Å². The normalized spacial score (nSPS) is 9.65. The number of nitrogens with zero attached hydrogens (tertiary/aromatic N) is 3. The molecular weight excluding hydrogens is 252 g/mol. The highest BCUT2D eigenvalue weighted by Gasteiger charge is 2.06. The van der Waals surface area contributed by atoms with Crippen molar-refractivity contribution in [3.63, 3.8) is 0 Å². The number of carbonyl (C=O) groups is 1. The molecule has 20 heavy (non-hydrogen) atoms. The number of hydrogen-bond acceptors (Lipinski definition) is 4. The molecule has 0 aliphatic rings. The van der Waals surface area contributed by atoms with Crippen LogP contribution in [0, 0.1) is 11.3 Å². The Kier molecular flexibility index (Phi) is 3.96. The van der Waals surface area contributed by atoms with Gasteiger partial charge >= 0.3 is 0 Å². The van der Waals surface area contributed by atoms with Gasteiger partial charge in [-0.05, 0) is 36.4 Å². The summed E-state index contributed by atoms with van der Waals surface area (Å²) in [6.45, 7) is 0. The topological polar surface area (TPSA) is 69.0 Å². The summed E-state index contributed by atoms with van der Waals surface area (Å²) in [6, 6.07) is 12.1. The minimum atomic E-state index is -0.228. The van der Waals surface area contributed by atoms with E-state index in [0.29, 0.717) is 16.8 Å². The van der Waals surface area contributed by atoms with E-state index < -0.39 is 0 Å². The summed E-state index contributed by atoms with van der Waals surface area (Å²) in [5, 5.41) is 11.5. The van der Waals surface area contributed by atoms with E-state index in [0.717, 1.165) is 5.82 Å². The largest absolute Gasteiger partial charge is 0.363 e. The lowest BCUT2D eigenvalue weighted by Gasteiger charge is -2.11. The number of aromatic nitrogens is 1. The quantitative estimate of drug-likeness (QED) is 0.925. The van der Waals surface area contributed by atoms with Gasteiger partial charge < -0.3 is 10.2 Å². The van der Waals surface area contributed by atoms with Crippen LogP contribution in [0.3, 0.4) is 0 Å². The van der Waals surface area contributed by atoms with Gasteiger partial charge in [-0.25, -0.2) is 4.98 Å². The van der Waals surface area contributed by atoms with Crippen LogP contribution < -0.4 is 10.2 Å². The van der Waals surface area contributed by atoms with Crippen LogP contribution >= 0.6 is 0 Å². The van der Waals surface area contributed by atoms with E-state index >= 15 is 0 Å². The van der Waals surface area contributed by atoms with Crippen LogP contribution in [-0.2, 0) is 0 Å². The lowest BCUT2D eigenvalue weighted by atomic mass is 10.1. The highest BCUT2D eigenvalue weighted by Crippen LogP contribution is 2.13. The first-order valence-electron chi connectivity index (χ1n) is 6.05. The second-order valence-corrected chi connectivity index (χ2v) is 4.44. The molecule has 0 saturated heterocycles. The molecule has 0 atom stereocenters. The number of pyridine rings is 1.